The van der Waals surface area contributed by atoms with Crippen molar-refractivity contribution < 1.29 is 29.1 Å². The highest BCUT2D eigenvalue weighted by Gasteiger charge is 2.38. The van der Waals surface area contributed by atoms with Crippen molar-refractivity contribution in [2.75, 3.05) is 6.54 Å². The van der Waals surface area contributed by atoms with Crippen molar-refractivity contribution in [3.8, 4) is 0 Å². The lowest BCUT2D eigenvalue weighted by molar-refractivity contribution is -0.144. The number of rotatable bonds is 11. The van der Waals surface area contributed by atoms with Crippen LogP contribution in [0.1, 0.15) is 53.4 Å². The van der Waals surface area contributed by atoms with Gasteiger partial charge < -0.3 is 32.1 Å². The Kier molecular flexibility index (Phi) is 9.89. The van der Waals surface area contributed by atoms with Crippen molar-refractivity contribution >= 4 is 29.6 Å². The normalized spacial score (nSPS) is 19.1. The summed E-state index contributed by atoms with van der Waals surface area (Å²) in [5.41, 5.74) is 11.1. The van der Waals surface area contributed by atoms with Crippen LogP contribution in [-0.4, -0.2) is 70.3 Å². The van der Waals surface area contributed by atoms with Crippen LogP contribution in [-0.2, 0) is 24.0 Å². The van der Waals surface area contributed by atoms with Crippen molar-refractivity contribution in [1.29, 1.82) is 0 Å². The number of nitrogens with one attached hydrogen (secondary N) is 2. The van der Waals surface area contributed by atoms with Crippen LogP contribution >= 0.6 is 0 Å². The lowest BCUT2D eigenvalue weighted by Crippen LogP contribution is -2.57. The van der Waals surface area contributed by atoms with Crippen molar-refractivity contribution in [2.24, 2.45) is 23.3 Å². The number of hydrogen-bond acceptors (Lipinski definition) is 6. The van der Waals surface area contributed by atoms with Gasteiger partial charge in [-0.1, -0.05) is 27.7 Å². The van der Waals surface area contributed by atoms with Crippen LogP contribution in [0.15, 0.2) is 0 Å². The third kappa shape index (κ3) is 7.50. The first-order valence-corrected chi connectivity index (χ1v) is 10.5. The number of primary amides is 1. The molecule has 7 N–H and O–H groups in total. The zero-order valence-corrected chi connectivity index (χ0v) is 18.6. The van der Waals surface area contributed by atoms with Crippen LogP contribution in [0.5, 0.6) is 0 Å². The molecular weight excluding hydrogens is 406 g/mol. The van der Waals surface area contributed by atoms with E-state index in [1.54, 1.807) is 13.8 Å². The predicted molar refractivity (Wildman–Crippen MR) is 112 cm³/mol. The minimum atomic E-state index is -1.21. The molecular formula is C20H35N5O6. The van der Waals surface area contributed by atoms with E-state index in [0.717, 1.165) is 0 Å². The van der Waals surface area contributed by atoms with Crippen molar-refractivity contribution in [2.45, 2.75) is 77.5 Å². The van der Waals surface area contributed by atoms with Gasteiger partial charge in [-0.15, -0.1) is 0 Å². The van der Waals surface area contributed by atoms with Crippen LogP contribution < -0.4 is 22.1 Å². The molecule has 1 rings (SSSR count). The average molecular weight is 442 g/mol. The van der Waals surface area contributed by atoms with Crippen LogP contribution in [0.3, 0.4) is 0 Å². The van der Waals surface area contributed by atoms with Crippen molar-refractivity contribution in [3.05, 3.63) is 0 Å². The minimum absolute atomic E-state index is 0.0937. The maximum Gasteiger partial charge on any atom is 0.326 e. The zero-order chi connectivity index (χ0) is 23.9. The van der Waals surface area contributed by atoms with Crippen LogP contribution in [0.25, 0.3) is 0 Å². The number of nitrogens with zero attached hydrogens (tertiary/aromatic N) is 1. The zero-order valence-electron chi connectivity index (χ0n) is 18.6. The Balaban J connectivity index is 2.96. The Labute approximate surface area is 182 Å². The highest BCUT2D eigenvalue weighted by molar-refractivity contribution is 5.94. The van der Waals surface area contributed by atoms with Gasteiger partial charge in [0.05, 0.1) is 6.04 Å². The molecule has 4 atom stereocenters. The SMILES string of the molecule is CC(C)C(N)C(=O)N1CCCC1C(=O)NC(CCC(N)=O)C(=O)NC(C(=O)O)C(C)C. The summed E-state index contributed by atoms with van der Waals surface area (Å²) in [4.78, 5) is 62.3. The largest absolute Gasteiger partial charge is 0.480 e. The van der Waals surface area contributed by atoms with Gasteiger partial charge in [-0.3, -0.25) is 19.2 Å². The van der Waals surface area contributed by atoms with Gasteiger partial charge in [0.2, 0.25) is 23.6 Å². The van der Waals surface area contributed by atoms with E-state index in [2.05, 4.69) is 10.6 Å². The summed E-state index contributed by atoms with van der Waals surface area (Å²) in [6.45, 7) is 7.27. The number of carbonyl (C=O) groups excluding carboxylic acids is 4. The van der Waals surface area contributed by atoms with Crippen LogP contribution in [0.4, 0.5) is 0 Å². The van der Waals surface area contributed by atoms with Gasteiger partial charge in [0.15, 0.2) is 0 Å². The molecule has 0 aliphatic carbocycles. The van der Waals surface area contributed by atoms with Gasteiger partial charge >= 0.3 is 5.97 Å². The number of likely N-dealkylation sites (tertiary alicyclic amines) is 1. The molecule has 1 fully saturated rings. The lowest BCUT2D eigenvalue weighted by Gasteiger charge is -2.29. The number of carbonyl (C=O) groups is 5. The molecule has 0 aromatic heterocycles. The Bertz CT molecular complexity index is 696. The van der Waals surface area contributed by atoms with Crippen LogP contribution in [0.2, 0.25) is 0 Å². The number of aliphatic carboxylic acids is 1. The maximum absolute atomic E-state index is 12.9. The first-order valence-electron chi connectivity index (χ1n) is 10.5. The molecule has 1 saturated heterocycles. The highest BCUT2D eigenvalue weighted by atomic mass is 16.4. The monoisotopic (exact) mass is 441 g/mol. The fraction of sp³-hybridized carbons (Fsp3) is 0.750. The molecule has 0 saturated carbocycles. The molecule has 11 nitrogen and oxygen atoms in total. The molecule has 4 amide bonds. The van der Waals surface area contributed by atoms with Gasteiger partial charge in [-0.2, -0.15) is 0 Å². The molecule has 0 spiro atoms. The molecule has 31 heavy (non-hydrogen) atoms. The van der Waals surface area contributed by atoms with Crippen molar-refractivity contribution in [3.63, 3.8) is 0 Å². The Morgan fingerprint density at radius 2 is 1.68 bits per heavy atom. The van der Waals surface area contributed by atoms with E-state index in [-0.39, 0.29) is 24.7 Å². The summed E-state index contributed by atoms with van der Waals surface area (Å²) in [7, 11) is 0. The number of carboxylic acid groups (broad SMARTS) is 1. The first kappa shape index (κ1) is 26.3. The highest BCUT2D eigenvalue weighted by Crippen LogP contribution is 2.20. The topological polar surface area (TPSA) is 185 Å². The molecule has 0 radical (unpaired) electrons. The summed E-state index contributed by atoms with van der Waals surface area (Å²) in [5.74, 6) is -3.99. The summed E-state index contributed by atoms with van der Waals surface area (Å²) < 4.78 is 0. The van der Waals surface area contributed by atoms with Crippen LogP contribution in [0, 0.1) is 11.8 Å². The molecule has 0 bridgehead atoms. The maximum atomic E-state index is 12.9. The summed E-state index contributed by atoms with van der Waals surface area (Å²) in [5, 5.41) is 14.3. The van der Waals surface area contributed by atoms with E-state index in [4.69, 9.17) is 11.5 Å². The van der Waals surface area contributed by atoms with Gasteiger partial charge in [0.1, 0.15) is 18.1 Å². The minimum Gasteiger partial charge on any atom is -0.480 e. The second kappa shape index (κ2) is 11.6. The molecule has 1 heterocycles. The Morgan fingerprint density at radius 1 is 1.06 bits per heavy atom. The Morgan fingerprint density at radius 3 is 2.16 bits per heavy atom. The van der Waals surface area contributed by atoms with E-state index in [1.807, 2.05) is 13.8 Å². The van der Waals surface area contributed by atoms with E-state index in [9.17, 15) is 29.1 Å². The second-order valence-electron chi connectivity index (χ2n) is 8.59. The van der Waals surface area contributed by atoms with Gasteiger partial charge in [0, 0.05) is 13.0 Å². The predicted octanol–water partition coefficient (Wildman–Crippen LogP) is -1.06. The molecule has 1 aliphatic heterocycles. The smallest absolute Gasteiger partial charge is 0.326 e. The fourth-order valence-electron chi connectivity index (χ4n) is 3.37. The molecule has 11 heteroatoms. The third-order valence-electron chi connectivity index (χ3n) is 5.38. The van der Waals surface area contributed by atoms with Gasteiger partial charge in [0.25, 0.3) is 0 Å². The van der Waals surface area contributed by atoms with Crippen molar-refractivity contribution in [1.82, 2.24) is 15.5 Å². The summed E-state index contributed by atoms with van der Waals surface area (Å²) in [6.07, 6.45) is 0.754. The number of amides is 4. The standard InChI is InChI=1S/C20H35N5O6/c1-10(2)15(22)19(29)25-9-5-6-13(25)18(28)23-12(7-8-14(21)26)17(27)24-16(11(3)4)20(30)31/h10-13,15-16H,5-9,22H2,1-4H3,(H2,21,26)(H,23,28)(H,24,27)(H,30,31). The number of hydrogen-bond donors (Lipinski definition) is 5. The second-order valence-corrected chi connectivity index (χ2v) is 8.59. The molecule has 4 unspecified atom stereocenters. The van der Waals surface area contributed by atoms with E-state index >= 15 is 0 Å². The number of nitrogens with two attached hydrogens (primary N) is 2. The summed E-state index contributed by atoms with van der Waals surface area (Å²) >= 11 is 0. The van der Waals surface area contributed by atoms with E-state index in [0.29, 0.717) is 19.4 Å². The molecule has 0 aromatic carbocycles. The van der Waals surface area contributed by atoms with Gasteiger partial charge in [-0.25, -0.2) is 4.79 Å². The van der Waals surface area contributed by atoms with Gasteiger partial charge in [-0.05, 0) is 31.1 Å². The number of carboxylic acids is 1. The first-order chi connectivity index (χ1) is 14.4. The molecule has 176 valence electrons. The Hall–Kier alpha value is -2.69. The average Bonchev–Trinajstić information content (AvgIpc) is 3.16. The summed E-state index contributed by atoms with van der Waals surface area (Å²) in [6, 6.07) is -3.86. The fourth-order valence-corrected chi connectivity index (χ4v) is 3.37. The van der Waals surface area contributed by atoms with E-state index < -0.39 is 53.8 Å². The lowest BCUT2D eigenvalue weighted by atomic mass is 10.0. The van der Waals surface area contributed by atoms with E-state index in [1.165, 1.54) is 4.90 Å². The molecule has 1 aliphatic rings. The molecule has 0 aromatic rings. The third-order valence-corrected chi connectivity index (χ3v) is 5.38. The quantitative estimate of drug-likeness (QED) is 0.270.